The fourth-order valence-corrected chi connectivity index (χ4v) is 3.12. The summed E-state index contributed by atoms with van der Waals surface area (Å²) in [6, 6.07) is 8.58. The number of hydrogen-bond acceptors (Lipinski definition) is 4. The largest absolute Gasteiger partial charge is 0.496 e. The Morgan fingerprint density at radius 1 is 1.25 bits per heavy atom. The van der Waals surface area contributed by atoms with Gasteiger partial charge in [-0.15, -0.1) is 11.3 Å². The highest BCUT2D eigenvalue weighted by atomic mass is 32.1. The molecule has 0 amide bonds. The maximum Gasteiger partial charge on any atom is 0.123 e. The van der Waals surface area contributed by atoms with Crippen molar-refractivity contribution in [2.45, 2.75) is 39.3 Å². The third-order valence-electron chi connectivity index (χ3n) is 3.40. The minimum atomic E-state index is 0.218. The lowest BCUT2D eigenvalue weighted by atomic mass is 10.1. The van der Waals surface area contributed by atoms with Crippen LogP contribution in [-0.4, -0.2) is 12.1 Å². The summed E-state index contributed by atoms with van der Waals surface area (Å²) in [5, 5.41) is 4.73. The smallest absolute Gasteiger partial charge is 0.123 e. The Balaban J connectivity index is 2.08. The summed E-state index contributed by atoms with van der Waals surface area (Å²) in [5.74, 6) is 0.924. The number of ether oxygens (including phenoxy) is 1. The minimum absolute atomic E-state index is 0.218. The van der Waals surface area contributed by atoms with Crippen molar-refractivity contribution in [1.29, 1.82) is 0 Å². The molecule has 20 heavy (non-hydrogen) atoms. The van der Waals surface area contributed by atoms with E-state index in [1.807, 2.05) is 24.4 Å². The van der Waals surface area contributed by atoms with Crippen LogP contribution in [0.4, 0.5) is 0 Å². The standard InChI is InChI=1S/C16H22N2OS/c1-5-13-10-17-16(20-13)12(3)18-11(2)14-8-6-7-9-15(14)19-4/h6-12,18H,5H2,1-4H3. The molecule has 0 aliphatic heterocycles. The van der Waals surface area contributed by atoms with Gasteiger partial charge in [0.15, 0.2) is 0 Å². The highest BCUT2D eigenvalue weighted by molar-refractivity contribution is 7.11. The van der Waals surface area contributed by atoms with Crippen LogP contribution >= 0.6 is 11.3 Å². The molecule has 2 aromatic rings. The quantitative estimate of drug-likeness (QED) is 0.868. The van der Waals surface area contributed by atoms with Crippen LogP contribution in [0, 0.1) is 0 Å². The number of aryl methyl sites for hydroxylation is 1. The van der Waals surface area contributed by atoms with Gasteiger partial charge in [-0.3, -0.25) is 0 Å². The molecule has 4 heteroatoms. The average Bonchev–Trinajstić information content (AvgIpc) is 2.96. The Bertz CT molecular complexity index is 553. The summed E-state index contributed by atoms with van der Waals surface area (Å²) in [4.78, 5) is 5.83. The van der Waals surface area contributed by atoms with Crippen LogP contribution < -0.4 is 10.1 Å². The van der Waals surface area contributed by atoms with Crippen LogP contribution in [0.5, 0.6) is 5.75 Å². The maximum atomic E-state index is 5.42. The molecule has 2 atom stereocenters. The lowest BCUT2D eigenvalue weighted by Crippen LogP contribution is -2.22. The van der Waals surface area contributed by atoms with Crippen molar-refractivity contribution in [3.8, 4) is 5.75 Å². The molecule has 1 aromatic carbocycles. The van der Waals surface area contributed by atoms with E-state index in [9.17, 15) is 0 Å². The number of para-hydroxylation sites is 1. The SMILES string of the molecule is CCc1cnc(C(C)NC(C)c2ccccc2OC)s1. The minimum Gasteiger partial charge on any atom is -0.496 e. The van der Waals surface area contributed by atoms with E-state index in [1.54, 1.807) is 18.4 Å². The first kappa shape index (κ1) is 15.0. The second-order valence-corrected chi connectivity index (χ2v) is 6.02. The topological polar surface area (TPSA) is 34.2 Å². The van der Waals surface area contributed by atoms with Gasteiger partial charge < -0.3 is 10.1 Å². The molecule has 2 unspecified atom stereocenters. The number of methoxy groups -OCH3 is 1. The van der Waals surface area contributed by atoms with E-state index in [2.05, 4.69) is 37.1 Å². The zero-order valence-corrected chi connectivity index (χ0v) is 13.3. The molecule has 0 aliphatic rings. The van der Waals surface area contributed by atoms with E-state index < -0.39 is 0 Å². The zero-order valence-electron chi connectivity index (χ0n) is 12.5. The monoisotopic (exact) mass is 290 g/mol. The van der Waals surface area contributed by atoms with Crippen molar-refractivity contribution < 1.29 is 4.74 Å². The molecule has 0 aliphatic carbocycles. The zero-order chi connectivity index (χ0) is 14.5. The third-order valence-corrected chi connectivity index (χ3v) is 4.72. The average molecular weight is 290 g/mol. The molecule has 2 rings (SSSR count). The molecular weight excluding hydrogens is 268 g/mol. The van der Waals surface area contributed by atoms with E-state index in [1.165, 1.54) is 10.4 Å². The van der Waals surface area contributed by atoms with Crippen molar-refractivity contribution in [3.63, 3.8) is 0 Å². The summed E-state index contributed by atoms with van der Waals surface area (Å²) in [5.41, 5.74) is 1.18. The molecule has 1 aromatic heterocycles. The number of benzene rings is 1. The Morgan fingerprint density at radius 3 is 2.65 bits per heavy atom. The van der Waals surface area contributed by atoms with Crippen LogP contribution in [0.3, 0.4) is 0 Å². The number of thiazole rings is 1. The van der Waals surface area contributed by atoms with Crippen LogP contribution in [-0.2, 0) is 6.42 Å². The molecule has 0 fully saturated rings. The molecular formula is C16H22N2OS. The summed E-state index contributed by atoms with van der Waals surface area (Å²) < 4.78 is 5.42. The fraction of sp³-hybridized carbons (Fsp3) is 0.438. The Labute approximate surface area is 125 Å². The maximum absolute atomic E-state index is 5.42. The number of rotatable bonds is 6. The lowest BCUT2D eigenvalue weighted by molar-refractivity contribution is 0.396. The summed E-state index contributed by atoms with van der Waals surface area (Å²) in [6.07, 6.45) is 3.03. The molecule has 0 radical (unpaired) electrons. The molecule has 0 saturated heterocycles. The van der Waals surface area contributed by atoms with Gasteiger partial charge >= 0.3 is 0 Å². The Morgan fingerprint density at radius 2 is 2.00 bits per heavy atom. The van der Waals surface area contributed by atoms with Crippen molar-refractivity contribution in [2.24, 2.45) is 0 Å². The highest BCUT2D eigenvalue weighted by Gasteiger charge is 2.16. The van der Waals surface area contributed by atoms with Crippen LogP contribution in [0.2, 0.25) is 0 Å². The number of nitrogens with one attached hydrogen (secondary N) is 1. The van der Waals surface area contributed by atoms with E-state index in [0.29, 0.717) is 0 Å². The van der Waals surface area contributed by atoms with Gasteiger partial charge in [-0.05, 0) is 26.3 Å². The van der Waals surface area contributed by atoms with E-state index in [-0.39, 0.29) is 12.1 Å². The van der Waals surface area contributed by atoms with Gasteiger partial charge in [-0.25, -0.2) is 4.98 Å². The van der Waals surface area contributed by atoms with Gasteiger partial charge in [-0.2, -0.15) is 0 Å². The summed E-state index contributed by atoms with van der Waals surface area (Å²) in [7, 11) is 1.71. The first-order valence-corrected chi connectivity index (χ1v) is 7.81. The van der Waals surface area contributed by atoms with Gasteiger partial charge in [0.2, 0.25) is 0 Å². The molecule has 1 heterocycles. The summed E-state index contributed by atoms with van der Waals surface area (Å²) in [6.45, 7) is 6.47. The Hall–Kier alpha value is -1.39. The van der Waals surface area contributed by atoms with Gasteiger partial charge in [0.25, 0.3) is 0 Å². The van der Waals surface area contributed by atoms with E-state index in [4.69, 9.17) is 4.74 Å². The van der Waals surface area contributed by atoms with Crippen molar-refractivity contribution in [1.82, 2.24) is 10.3 Å². The second-order valence-electron chi connectivity index (χ2n) is 4.87. The third kappa shape index (κ3) is 3.38. The lowest BCUT2D eigenvalue weighted by Gasteiger charge is -2.20. The molecule has 0 spiro atoms. The van der Waals surface area contributed by atoms with Crippen molar-refractivity contribution in [3.05, 3.63) is 45.9 Å². The van der Waals surface area contributed by atoms with Crippen LogP contribution in [0.25, 0.3) is 0 Å². The molecule has 0 saturated carbocycles. The Kier molecular flexibility index (Phi) is 5.15. The fourth-order valence-electron chi connectivity index (χ4n) is 2.25. The first-order chi connectivity index (χ1) is 9.65. The normalized spacial score (nSPS) is 14.0. The van der Waals surface area contributed by atoms with Crippen LogP contribution in [0.15, 0.2) is 30.5 Å². The number of aromatic nitrogens is 1. The highest BCUT2D eigenvalue weighted by Crippen LogP contribution is 2.28. The van der Waals surface area contributed by atoms with Crippen molar-refractivity contribution in [2.75, 3.05) is 7.11 Å². The van der Waals surface area contributed by atoms with Gasteiger partial charge in [-0.1, -0.05) is 25.1 Å². The summed E-state index contributed by atoms with van der Waals surface area (Å²) >= 11 is 1.78. The molecule has 0 bridgehead atoms. The number of nitrogens with zero attached hydrogens (tertiary/aromatic N) is 1. The van der Waals surface area contributed by atoms with Crippen LogP contribution in [0.1, 0.15) is 48.3 Å². The molecule has 108 valence electrons. The molecule has 1 N–H and O–H groups in total. The van der Waals surface area contributed by atoms with Crippen molar-refractivity contribution >= 4 is 11.3 Å². The predicted molar refractivity (Wildman–Crippen MR) is 84.5 cm³/mol. The molecule has 3 nitrogen and oxygen atoms in total. The van der Waals surface area contributed by atoms with Gasteiger partial charge in [0.1, 0.15) is 10.8 Å². The predicted octanol–water partition coefficient (Wildman–Crippen LogP) is 4.13. The van der Waals surface area contributed by atoms with E-state index in [0.717, 1.165) is 17.2 Å². The first-order valence-electron chi connectivity index (χ1n) is 6.99. The van der Waals surface area contributed by atoms with Gasteiger partial charge in [0, 0.05) is 22.7 Å². The second kappa shape index (κ2) is 6.86. The number of hydrogen-bond donors (Lipinski definition) is 1. The van der Waals surface area contributed by atoms with E-state index >= 15 is 0 Å². The van der Waals surface area contributed by atoms with Gasteiger partial charge in [0.05, 0.1) is 13.2 Å².